The van der Waals surface area contributed by atoms with Crippen molar-refractivity contribution >= 4 is 18.3 Å². The van der Waals surface area contributed by atoms with Gasteiger partial charge >= 0.3 is 0 Å². The maximum atomic E-state index is 13.8. The molecule has 0 aliphatic heterocycles. The number of carbonyl (C=O) groups is 1. The van der Waals surface area contributed by atoms with E-state index in [0.717, 1.165) is 25.7 Å². The summed E-state index contributed by atoms with van der Waals surface area (Å²) in [4.78, 5) is 11.8. The van der Waals surface area contributed by atoms with Crippen LogP contribution in [0.25, 0.3) is 0 Å². The van der Waals surface area contributed by atoms with Crippen molar-refractivity contribution in [2.75, 3.05) is 6.54 Å². The van der Waals surface area contributed by atoms with E-state index in [4.69, 9.17) is 0 Å². The number of hydrogen-bond donors (Lipinski definition) is 4. The molecule has 34 heavy (non-hydrogen) atoms. The van der Waals surface area contributed by atoms with Crippen molar-refractivity contribution < 1.29 is 19.4 Å². The quantitative estimate of drug-likeness (QED) is 0.400. The molecular weight excluding hydrogens is 455 g/mol. The molecule has 4 N–H and O–H groups in total. The van der Waals surface area contributed by atoms with Gasteiger partial charge in [0, 0.05) is 19.0 Å². The van der Waals surface area contributed by atoms with Gasteiger partial charge in [-0.25, -0.2) is 4.39 Å². The summed E-state index contributed by atoms with van der Waals surface area (Å²) >= 11 is 0. The summed E-state index contributed by atoms with van der Waals surface area (Å²) in [7, 11) is 0. The summed E-state index contributed by atoms with van der Waals surface area (Å²) in [5.41, 5.74) is 2.93. The molecular formula is C27H38ClFN2O3. The standard InChI is InChI=1S/C27H37FN2O3.ClH/c1-18(2)21-8-7-9-22(16-21)27(12-5-4-6-13-27)29-17-26(33)24(30-19(3)31)15-20-10-11-25(32)23(28)14-20;/h7-11,14,16,18,24,26,29,32-33H,4-6,12-13,15,17H2,1-3H3,(H,30,31);1H/t24-,26-;/m0./s1. The third kappa shape index (κ3) is 7.17. The van der Waals surface area contributed by atoms with E-state index < -0.39 is 23.7 Å². The second-order valence-electron chi connectivity index (χ2n) is 9.67. The third-order valence-corrected chi connectivity index (χ3v) is 6.78. The summed E-state index contributed by atoms with van der Waals surface area (Å²) in [5, 5.41) is 27.0. The highest BCUT2D eigenvalue weighted by atomic mass is 35.5. The molecule has 0 radical (unpaired) electrons. The van der Waals surface area contributed by atoms with Gasteiger partial charge in [0.25, 0.3) is 0 Å². The van der Waals surface area contributed by atoms with Crippen LogP contribution >= 0.6 is 12.4 Å². The molecule has 1 aliphatic carbocycles. The van der Waals surface area contributed by atoms with Gasteiger partial charge in [-0.15, -0.1) is 12.4 Å². The van der Waals surface area contributed by atoms with Gasteiger partial charge < -0.3 is 20.8 Å². The fourth-order valence-electron chi connectivity index (χ4n) is 4.84. The predicted molar refractivity (Wildman–Crippen MR) is 136 cm³/mol. The van der Waals surface area contributed by atoms with E-state index in [-0.39, 0.29) is 30.3 Å². The Kier molecular flexibility index (Phi) is 10.3. The normalized spacial score (nSPS) is 17.0. The number of phenols is 1. The van der Waals surface area contributed by atoms with Crippen LogP contribution in [0.1, 0.15) is 75.5 Å². The SMILES string of the molecule is CC(=O)N[C@@H](Cc1ccc(O)c(F)c1)[C@@H](O)CNC1(c2cccc(C(C)C)c2)CCCCC1.Cl. The molecule has 3 rings (SSSR count). The Hall–Kier alpha value is -2.15. The lowest BCUT2D eigenvalue weighted by molar-refractivity contribution is -0.120. The van der Waals surface area contributed by atoms with E-state index in [1.54, 1.807) is 6.07 Å². The summed E-state index contributed by atoms with van der Waals surface area (Å²) in [6.07, 6.45) is 4.84. The first kappa shape index (κ1) is 28.1. The number of halogens is 2. The number of rotatable bonds is 9. The molecule has 2 aromatic carbocycles. The first-order valence-corrected chi connectivity index (χ1v) is 12.0. The highest BCUT2D eigenvalue weighted by Gasteiger charge is 2.35. The fourth-order valence-corrected chi connectivity index (χ4v) is 4.84. The van der Waals surface area contributed by atoms with Gasteiger partial charge in [-0.05, 0) is 54.0 Å². The van der Waals surface area contributed by atoms with Crippen LogP contribution in [-0.4, -0.2) is 34.8 Å². The number of hydrogen-bond acceptors (Lipinski definition) is 4. The molecule has 1 amide bonds. The van der Waals surface area contributed by atoms with Crippen LogP contribution in [0.2, 0.25) is 0 Å². The molecule has 0 bridgehead atoms. The molecule has 0 unspecified atom stereocenters. The third-order valence-electron chi connectivity index (χ3n) is 6.78. The molecule has 1 aliphatic rings. The van der Waals surface area contributed by atoms with Crippen molar-refractivity contribution in [2.45, 2.75) is 82.9 Å². The highest BCUT2D eigenvalue weighted by molar-refractivity contribution is 5.85. The van der Waals surface area contributed by atoms with Gasteiger partial charge in [0.15, 0.2) is 11.6 Å². The van der Waals surface area contributed by atoms with Crippen molar-refractivity contribution in [1.82, 2.24) is 10.6 Å². The van der Waals surface area contributed by atoms with Crippen LogP contribution < -0.4 is 10.6 Å². The molecule has 0 saturated heterocycles. The van der Waals surface area contributed by atoms with E-state index in [2.05, 4.69) is 48.7 Å². The lowest BCUT2D eigenvalue weighted by Crippen LogP contribution is -2.53. The number of phenolic OH excluding ortho intramolecular Hbond substituents is 1. The maximum absolute atomic E-state index is 13.8. The first-order chi connectivity index (χ1) is 15.7. The maximum Gasteiger partial charge on any atom is 0.217 e. The van der Waals surface area contributed by atoms with Crippen LogP contribution in [0.15, 0.2) is 42.5 Å². The molecule has 0 spiro atoms. The molecule has 188 valence electrons. The number of benzene rings is 2. The number of nitrogens with one attached hydrogen (secondary N) is 2. The van der Waals surface area contributed by atoms with Crippen LogP contribution in [0, 0.1) is 5.82 Å². The zero-order valence-electron chi connectivity index (χ0n) is 20.3. The minimum Gasteiger partial charge on any atom is -0.505 e. The summed E-state index contributed by atoms with van der Waals surface area (Å²) in [5.74, 6) is -0.950. The second kappa shape index (κ2) is 12.5. The van der Waals surface area contributed by atoms with Gasteiger partial charge in [0.2, 0.25) is 5.91 Å². The Morgan fingerprint density at radius 2 is 1.82 bits per heavy atom. The summed E-state index contributed by atoms with van der Waals surface area (Å²) in [6.45, 7) is 6.09. The number of carbonyl (C=O) groups excluding carboxylic acids is 1. The Bertz CT molecular complexity index is 947. The Balaban J connectivity index is 0.00000408. The topological polar surface area (TPSA) is 81.6 Å². The zero-order valence-corrected chi connectivity index (χ0v) is 21.1. The van der Waals surface area contributed by atoms with Crippen LogP contribution in [0.4, 0.5) is 4.39 Å². The highest BCUT2D eigenvalue weighted by Crippen LogP contribution is 2.38. The number of amides is 1. The molecule has 5 nitrogen and oxygen atoms in total. The molecule has 0 aromatic heterocycles. The van der Waals surface area contributed by atoms with Crippen molar-refractivity contribution in [1.29, 1.82) is 0 Å². The molecule has 2 aromatic rings. The van der Waals surface area contributed by atoms with Crippen LogP contribution in [0.5, 0.6) is 5.75 Å². The van der Waals surface area contributed by atoms with Crippen LogP contribution in [-0.2, 0) is 16.8 Å². The van der Waals surface area contributed by atoms with E-state index in [1.807, 2.05) is 0 Å². The fraction of sp³-hybridized carbons (Fsp3) is 0.519. The van der Waals surface area contributed by atoms with Gasteiger partial charge in [-0.1, -0.05) is 63.4 Å². The first-order valence-electron chi connectivity index (χ1n) is 12.0. The van der Waals surface area contributed by atoms with E-state index >= 15 is 0 Å². The Morgan fingerprint density at radius 1 is 1.12 bits per heavy atom. The van der Waals surface area contributed by atoms with E-state index in [1.165, 1.54) is 36.6 Å². The predicted octanol–water partition coefficient (Wildman–Crippen LogP) is 4.93. The van der Waals surface area contributed by atoms with Gasteiger partial charge in [0.05, 0.1) is 12.1 Å². The number of aliphatic hydroxyl groups excluding tert-OH is 1. The smallest absolute Gasteiger partial charge is 0.217 e. The van der Waals surface area contributed by atoms with E-state index in [9.17, 15) is 19.4 Å². The number of aliphatic hydroxyl groups is 1. The molecule has 1 fully saturated rings. The lowest BCUT2D eigenvalue weighted by Gasteiger charge is -2.40. The number of aromatic hydroxyl groups is 1. The van der Waals surface area contributed by atoms with Crippen molar-refractivity contribution in [3.8, 4) is 5.75 Å². The lowest BCUT2D eigenvalue weighted by atomic mass is 9.75. The minimum atomic E-state index is -0.863. The Labute approximate surface area is 208 Å². The molecule has 7 heteroatoms. The Morgan fingerprint density at radius 3 is 2.44 bits per heavy atom. The van der Waals surface area contributed by atoms with Crippen molar-refractivity contribution in [3.63, 3.8) is 0 Å². The molecule has 1 saturated carbocycles. The summed E-state index contributed by atoms with van der Waals surface area (Å²) < 4.78 is 13.8. The zero-order chi connectivity index (χ0) is 24.0. The minimum absolute atomic E-state index is 0. The van der Waals surface area contributed by atoms with Gasteiger partial charge in [-0.2, -0.15) is 0 Å². The van der Waals surface area contributed by atoms with Gasteiger partial charge in [0.1, 0.15) is 0 Å². The van der Waals surface area contributed by atoms with E-state index in [0.29, 0.717) is 18.0 Å². The monoisotopic (exact) mass is 492 g/mol. The van der Waals surface area contributed by atoms with Crippen molar-refractivity contribution in [2.24, 2.45) is 0 Å². The van der Waals surface area contributed by atoms with Crippen LogP contribution in [0.3, 0.4) is 0 Å². The average Bonchev–Trinajstić information content (AvgIpc) is 2.80. The van der Waals surface area contributed by atoms with Crippen molar-refractivity contribution in [3.05, 3.63) is 65.0 Å². The second-order valence-corrected chi connectivity index (χ2v) is 9.67. The summed E-state index contributed by atoms with van der Waals surface area (Å²) in [6, 6.07) is 12.3. The molecule has 2 atom stereocenters. The molecule has 0 heterocycles. The van der Waals surface area contributed by atoms with Gasteiger partial charge in [-0.3, -0.25) is 4.79 Å². The average molecular weight is 493 g/mol. The largest absolute Gasteiger partial charge is 0.505 e.